The van der Waals surface area contributed by atoms with E-state index < -0.39 is 0 Å². The summed E-state index contributed by atoms with van der Waals surface area (Å²) >= 11 is 0. The quantitative estimate of drug-likeness (QED) is 0.529. The Labute approximate surface area is 94.3 Å². The van der Waals surface area contributed by atoms with Gasteiger partial charge in [-0.25, -0.2) is 0 Å². The van der Waals surface area contributed by atoms with E-state index in [-0.39, 0.29) is 5.75 Å². The number of phenolic OH excluding ortho intramolecular Hbond substituents is 1. The Morgan fingerprint density at radius 2 is 1.50 bits per heavy atom. The van der Waals surface area contributed by atoms with Gasteiger partial charge in [-0.15, -0.1) is 0 Å². The second-order valence-electron chi connectivity index (χ2n) is 3.81. The first-order chi connectivity index (χ1) is 7.65. The molecule has 82 valence electrons. The number of hydrogen-bond donors (Lipinski definition) is 3. The fourth-order valence-corrected chi connectivity index (χ4v) is 1.57. The van der Waals surface area contributed by atoms with Crippen molar-refractivity contribution in [1.29, 1.82) is 0 Å². The molecule has 0 unspecified atom stereocenters. The van der Waals surface area contributed by atoms with Crippen LogP contribution in [-0.4, -0.2) is 5.11 Å². The summed E-state index contributed by atoms with van der Waals surface area (Å²) in [7, 11) is 0. The fourth-order valence-electron chi connectivity index (χ4n) is 1.57. The molecule has 0 fully saturated rings. The van der Waals surface area contributed by atoms with Crippen molar-refractivity contribution in [2.45, 2.75) is 6.42 Å². The highest BCUT2D eigenvalue weighted by Crippen LogP contribution is 2.22. The summed E-state index contributed by atoms with van der Waals surface area (Å²) < 4.78 is 0. The molecule has 0 aliphatic heterocycles. The van der Waals surface area contributed by atoms with Gasteiger partial charge < -0.3 is 16.6 Å². The second kappa shape index (κ2) is 4.14. The molecule has 0 radical (unpaired) electrons. The second-order valence-corrected chi connectivity index (χ2v) is 3.81. The lowest BCUT2D eigenvalue weighted by Gasteiger charge is -2.04. The highest BCUT2D eigenvalue weighted by atomic mass is 16.3. The van der Waals surface area contributed by atoms with Gasteiger partial charge in [-0.3, -0.25) is 0 Å². The predicted molar refractivity (Wildman–Crippen MR) is 66.2 cm³/mol. The lowest BCUT2D eigenvalue weighted by atomic mass is 10.0. The molecule has 0 heterocycles. The molecule has 0 amide bonds. The van der Waals surface area contributed by atoms with Gasteiger partial charge in [0, 0.05) is 5.69 Å². The van der Waals surface area contributed by atoms with Gasteiger partial charge in [0.1, 0.15) is 5.75 Å². The number of nitrogen functional groups attached to an aromatic ring is 2. The Hall–Kier alpha value is -2.16. The molecule has 0 aliphatic rings. The van der Waals surface area contributed by atoms with Crippen molar-refractivity contribution < 1.29 is 5.11 Å². The highest BCUT2D eigenvalue weighted by Gasteiger charge is 2.00. The Kier molecular flexibility index (Phi) is 2.68. The Bertz CT molecular complexity index is 492. The van der Waals surface area contributed by atoms with Gasteiger partial charge in [0.2, 0.25) is 0 Å². The first-order valence-corrected chi connectivity index (χ1v) is 5.07. The van der Waals surface area contributed by atoms with Crippen LogP contribution < -0.4 is 11.5 Å². The summed E-state index contributed by atoms with van der Waals surface area (Å²) in [4.78, 5) is 0. The third-order valence-electron chi connectivity index (χ3n) is 2.48. The van der Waals surface area contributed by atoms with Gasteiger partial charge in [-0.2, -0.15) is 0 Å². The van der Waals surface area contributed by atoms with Crippen LogP contribution in [0.1, 0.15) is 11.1 Å². The number of rotatable bonds is 2. The zero-order chi connectivity index (χ0) is 11.5. The standard InChI is InChI=1S/C13H14N2O/c14-11-4-1-9(2-5-11)7-10-3-6-12(15)13(16)8-10/h1-6,8,16H,7,14-15H2. The number of benzene rings is 2. The van der Waals surface area contributed by atoms with Gasteiger partial charge in [0.15, 0.2) is 0 Å². The average Bonchev–Trinajstić information content (AvgIpc) is 2.27. The van der Waals surface area contributed by atoms with Crippen molar-refractivity contribution in [2.24, 2.45) is 0 Å². The molecule has 0 atom stereocenters. The molecule has 3 heteroatoms. The van der Waals surface area contributed by atoms with Crippen LogP contribution in [0.5, 0.6) is 5.75 Å². The lowest BCUT2D eigenvalue weighted by Crippen LogP contribution is -1.91. The van der Waals surface area contributed by atoms with Crippen LogP contribution in [0, 0.1) is 0 Å². The van der Waals surface area contributed by atoms with E-state index in [4.69, 9.17) is 11.5 Å². The summed E-state index contributed by atoms with van der Waals surface area (Å²) in [6.45, 7) is 0. The van der Waals surface area contributed by atoms with Gasteiger partial charge in [-0.1, -0.05) is 18.2 Å². The number of anilines is 2. The van der Waals surface area contributed by atoms with Gasteiger partial charge in [-0.05, 0) is 41.8 Å². The van der Waals surface area contributed by atoms with E-state index in [0.29, 0.717) is 5.69 Å². The van der Waals surface area contributed by atoms with Crippen LogP contribution in [0.25, 0.3) is 0 Å². The van der Waals surface area contributed by atoms with Gasteiger partial charge >= 0.3 is 0 Å². The van der Waals surface area contributed by atoms with Gasteiger partial charge in [0.05, 0.1) is 5.69 Å². The fraction of sp³-hybridized carbons (Fsp3) is 0.0769. The van der Waals surface area contributed by atoms with E-state index in [1.54, 1.807) is 12.1 Å². The lowest BCUT2D eigenvalue weighted by molar-refractivity contribution is 0.477. The average molecular weight is 214 g/mol. The maximum Gasteiger partial charge on any atom is 0.138 e. The molecule has 5 N–H and O–H groups in total. The molecule has 0 aliphatic carbocycles. The van der Waals surface area contributed by atoms with Crippen LogP contribution in [0.15, 0.2) is 42.5 Å². The van der Waals surface area contributed by atoms with Crippen LogP contribution in [0.2, 0.25) is 0 Å². The molecule has 2 aromatic carbocycles. The number of nitrogens with two attached hydrogens (primary N) is 2. The highest BCUT2D eigenvalue weighted by molar-refractivity contribution is 5.53. The molecule has 2 rings (SSSR count). The molecule has 0 bridgehead atoms. The molecule has 2 aromatic rings. The number of hydrogen-bond acceptors (Lipinski definition) is 3. The van der Waals surface area contributed by atoms with E-state index in [1.165, 1.54) is 0 Å². The molecule has 0 aromatic heterocycles. The summed E-state index contributed by atoms with van der Waals surface area (Å²) in [6.07, 6.45) is 0.758. The first-order valence-electron chi connectivity index (χ1n) is 5.07. The van der Waals surface area contributed by atoms with Crippen molar-refractivity contribution in [2.75, 3.05) is 11.5 Å². The topological polar surface area (TPSA) is 72.3 Å². The van der Waals surface area contributed by atoms with Crippen LogP contribution in [0.3, 0.4) is 0 Å². The predicted octanol–water partition coefficient (Wildman–Crippen LogP) is 2.15. The number of aromatic hydroxyl groups is 1. The summed E-state index contributed by atoms with van der Waals surface area (Å²) in [5.74, 6) is 0.132. The van der Waals surface area contributed by atoms with Crippen molar-refractivity contribution in [1.82, 2.24) is 0 Å². The molecule has 0 saturated carbocycles. The van der Waals surface area contributed by atoms with Gasteiger partial charge in [0.25, 0.3) is 0 Å². The monoisotopic (exact) mass is 214 g/mol. The maximum atomic E-state index is 9.48. The maximum absolute atomic E-state index is 9.48. The normalized spacial score (nSPS) is 10.2. The van der Waals surface area contributed by atoms with E-state index in [1.807, 2.05) is 30.3 Å². The van der Waals surface area contributed by atoms with Crippen molar-refractivity contribution in [3.8, 4) is 5.75 Å². The number of phenols is 1. The van der Waals surface area contributed by atoms with E-state index in [0.717, 1.165) is 23.2 Å². The van der Waals surface area contributed by atoms with E-state index in [2.05, 4.69) is 0 Å². The van der Waals surface area contributed by atoms with Crippen LogP contribution in [-0.2, 0) is 6.42 Å². The molecule has 0 spiro atoms. The third kappa shape index (κ3) is 2.25. The molecule has 16 heavy (non-hydrogen) atoms. The minimum absolute atomic E-state index is 0.132. The summed E-state index contributed by atoms with van der Waals surface area (Å²) in [5, 5.41) is 9.48. The van der Waals surface area contributed by atoms with Crippen LogP contribution >= 0.6 is 0 Å². The minimum Gasteiger partial charge on any atom is -0.506 e. The van der Waals surface area contributed by atoms with E-state index in [9.17, 15) is 5.11 Å². The smallest absolute Gasteiger partial charge is 0.138 e. The Morgan fingerprint density at radius 1 is 0.875 bits per heavy atom. The molecular formula is C13H14N2O. The Balaban J connectivity index is 2.20. The SMILES string of the molecule is Nc1ccc(Cc2ccc(N)c(O)c2)cc1. The van der Waals surface area contributed by atoms with Crippen molar-refractivity contribution in [3.63, 3.8) is 0 Å². The Morgan fingerprint density at radius 3 is 2.12 bits per heavy atom. The van der Waals surface area contributed by atoms with Crippen molar-refractivity contribution >= 4 is 11.4 Å². The zero-order valence-electron chi connectivity index (χ0n) is 8.85. The third-order valence-corrected chi connectivity index (χ3v) is 2.48. The summed E-state index contributed by atoms with van der Waals surface area (Å²) in [5.41, 5.74) is 14.5. The zero-order valence-corrected chi connectivity index (χ0v) is 8.85. The van der Waals surface area contributed by atoms with Crippen LogP contribution in [0.4, 0.5) is 11.4 Å². The first kappa shape index (κ1) is 10.4. The molecule has 0 saturated heterocycles. The van der Waals surface area contributed by atoms with Crippen molar-refractivity contribution in [3.05, 3.63) is 53.6 Å². The molecule has 3 nitrogen and oxygen atoms in total. The van der Waals surface area contributed by atoms with E-state index >= 15 is 0 Å². The molecular weight excluding hydrogens is 200 g/mol. The summed E-state index contributed by atoms with van der Waals surface area (Å²) in [6, 6.07) is 13.0. The largest absolute Gasteiger partial charge is 0.506 e. The minimum atomic E-state index is 0.132.